The van der Waals surface area contributed by atoms with Gasteiger partial charge in [0.05, 0.1) is 5.75 Å². The molecule has 2 rings (SSSR count). The molecule has 0 bridgehead atoms. The van der Waals surface area contributed by atoms with Gasteiger partial charge in [0.2, 0.25) is 5.91 Å². The number of carbonyl (C=O) groups is 1. The number of hydrogen-bond acceptors (Lipinski definition) is 3. The standard InChI is InChI=1S/C17H18ClNOS2/c18-15-8-6-14(7-9-15)12-21-11-10-19-17(20)13-22-16-4-2-1-3-5-16/h1-9H,10-13H2,(H,19,20). The molecule has 0 aliphatic heterocycles. The van der Waals surface area contributed by atoms with Crippen LogP contribution in [0.15, 0.2) is 59.5 Å². The van der Waals surface area contributed by atoms with Gasteiger partial charge in [-0.3, -0.25) is 4.79 Å². The average Bonchev–Trinajstić information content (AvgIpc) is 2.55. The van der Waals surface area contributed by atoms with Gasteiger partial charge in [0.25, 0.3) is 0 Å². The molecule has 0 fully saturated rings. The zero-order chi connectivity index (χ0) is 15.6. The lowest BCUT2D eigenvalue weighted by molar-refractivity contribution is -0.118. The monoisotopic (exact) mass is 351 g/mol. The van der Waals surface area contributed by atoms with Crippen LogP contribution in [-0.4, -0.2) is 24.0 Å². The maximum absolute atomic E-state index is 11.7. The van der Waals surface area contributed by atoms with E-state index in [4.69, 9.17) is 11.6 Å². The molecule has 5 heteroatoms. The van der Waals surface area contributed by atoms with Crippen molar-refractivity contribution in [3.63, 3.8) is 0 Å². The highest BCUT2D eigenvalue weighted by atomic mass is 35.5. The first-order chi connectivity index (χ1) is 10.7. The molecule has 2 nitrogen and oxygen atoms in total. The molecule has 1 N–H and O–H groups in total. The third-order valence-electron chi connectivity index (χ3n) is 2.86. The van der Waals surface area contributed by atoms with Crippen LogP contribution in [0.25, 0.3) is 0 Å². The molecular weight excluding hydrogens is 334 g/mol. The summed E-state index contributed by atoms with van der Waals surface area (Å²) in [4.78, 5) is 12.9. The van der Waals surface area contributed by atoms with Gasteiger partial charge in [-0.25, -0.2) is 0 Å². The van der Waals surface area contributed by atoms with Crippen LogP contribution in [0.5, 0.6) is 0 Å². The summed E-state index contributed by atoms with van der Waals surface area (Å²) in [5.41, 5.74) is 1.25. The molecule has 1 amide bonds. The summed E-state index contributed by atoms with van der Waals surface area (Å²) < 4.78 is 0. The third-order valence-corrected chi connectivity index (χ3v) is 5.16. The molecule has 0 atom stereocenters. The molecule has 2 aromatic carbocycles. The van der Waals surface area contributed by atoms with E-state index in [1.807, 2.05) is 54.6 Å². The van der Waals surface area contributed by atoms with Crippen molar-refractivity contribution in [1.82, 2.24) is 5.32 Å². The molecule has 0 unspecified atom stereocenters. The Bertz CT molecular complexity index is 575. The molecule has 0 aromatic heterocycles. The van der Waals surface area contributed by atoms with Crippen molar-refractivity contribution in [2.45, 2.75) is 10.6 Å². The Kier molecular flexibility index (Phi) is 7.71. The Labute approximate surface area is 145 Å². The first-order valence-corrected chi connectivity index (χ1v) is 9.52. The van der Waals surface area contributed by atoms with E-state index in [0.29, 0.717) is 12.3 Å². The Balaban J connectivity index is 1.54. The van der Waals surface area contributed by atoms with E-state index in [2.05, 4.69) is 5.32 Å². The first-order valence-electron chi connectivity index (χ1n) is 7.01. The fourth-order valence-electron chi connectivity index (χ4n) is 1.75. The van der Waals surface area contributed by atoms with Gasteiger partial charge >= 0.3 is 0 Å². The summed E-state index contributed by atoms with van der Waals surface area (Å²) in [5, 5.41) is 3.71. The number of benzene rings is 2. The predicted octanol–water partition coefficient (Wildman–Crippen LogP) is 4.48. The maximum Gasteiger partial charge on any atom is 0.230 e. The minimum Gasteiger partial charge on any atom is -0.355 e. The number of carbonyl (C=O) groups excluding carboxylic acids is 1. The lowest BCUT2D eigenvalue weighted by Gasteiger charge is -2.05. The number of hydrogen-bond donors (Lipinski definition) is 1. The van der Waals surface area contributed by atoms with Crippen LogP contribution < -0.4 is 5.32 Å². The normalized spacial score (nSPS) is 10.4. The molecule has 0 saturated heterocycles. The molecule has 0 spiro atoms. The van der Waals surface area contributed by atoms with Crippen LogP contribution in [0.4, 0.5) is 0 Å². The van der Waals surface area contributed by atoms with E-state index in [-0.39, 0.29) is 5.91 Å². The van der Waals surface area contributed by atoms with E-state index in [0.717, 1.165) is 21.4 Å². The highest BCUT2D eigenvalue weighted by Crippen LogP contribution is 2.17. The SMILES string of the molecule is O=C(CSc1ccccc1)NCCSCc1ccc(Cl)cc1. The lowest BCUT2D eigenvalue weighted by atomic mass is 10.2. The van der Waals surface area contributed by atoms with Crippen molar-refractivity contribution in [1.29, 1.82) is 0 Å². The van der Waals surface area contributed by atoms with Crippen LogP contribution in [0, 0.1) is 0 Å². The molecule has 0 saturated carbocycles. The summed E-state index contributed by atoms with van der Waals surface area (Å²) in [6.45, 7) is 0.701. The number of amides is 1. The number of thioether (sulfide) groups is 2. The fourth-order valence-corrected chi connectivity index (χ4v) is 3.44. The van der Waals surface area contributed by atoms with Gasteiger partial charge in [-0.15, -0.1) is 11.8 Å². The molecule has 116 valence electrons. The van der Waals surface area contributed by atoms with Crippen LogP contribution in [0.3, 0.4) is 0 Å². The zero-order valence-electron chi connectivity index (χ0n) is 12.1. The smallest absolute Gasteiger partial charge is 0.230 e. The van der Waals surface area contributed by atoms with Crippen LogP contribution in [-0.2, 0) is 10.5 Å². The van der Waals surface area contributed by atoms with Gasteiger partial charge < -0.3 is 5.32 Å². The van der Waals surface area contributed by atoms with E-state index in [1.54, 1.807) is 23.5 Å². The molecule has 0 radical (unpaired) electrons. The minimum atomic E-state index is 0.0842. The highest BCUT2D eigenvalue weighted by molar-refractivity contribution is 8.00. The van der Waals surface area contributed by atoms with E-state index in [9.17, 15) is 4.79 Å². The maximum atomic E-state index is 11.7. The third kappa shape index (κ3) is 6.77. The number of nitrogens with one attached hydrogen (secondary N) is 1. The summed E-state index contributed by atoms with van der Waals surface area (Å²) in [5.74, 6) is 2.39. The fraction of sp³-hybridized carbons (Fsp3) is 0.235. The van der Waals surface area contributed by atoms with Gasteiger partial charge in [-0.05, 0) is 29.8 Å². The van der Waals surface area contributed by atoms with Crippen molar-refractivity contribution in [3.8, 4) is 0 Å². The minimum absolute atomic E-state index is 0.0842. The summed E-state index contributed by atoms with van der Waals surface area (Å²) >= 11 is 9.21. The summed E-state index contributed by atoms with van der Waals surface area (Å²) in [6.07, 6.45) is 0. The van der Waals surface area contributed by atoms with Crippen LogP contribution in [0.2, 0.25) is 5.02 Å². The van der Waals surface area contributed by atoms with Gasteiger partial charge in [0, 0.05) is 28.0 Å². The van der Waals surface area contributed by atoms with Crippen molar-refractivity contribution in [2.24, 2.45) is 0 Å². The molecule has 0 aliphatic rings. The Morgan fingerprint density at radius 1 is 1.05 bits per heavy atom. The quantitative estimate of drug-likeness (QED) is 0.561. The zero-order valence-corrected chi connectivity index (χ0v) is 14.5. The molecule has 0 heterocycles. The van der Waals surface area contributed by atoms with E-state index >= 15 is 0 Å². The van der Waals surface area contributed by atoms with Gasteiger partial charge in [-0.2, -0.15) is 11.8 Å². The second-order valence-electron chi connectivity index (χ2n) is 4.63. The van der Waals surface area contributed by atoms with Gasteiger partial charge in [-0.1, -0.05) is 41.9 Å². The van der Waals surface area contributed by atoms with Crippen LogP contribution >= 0.6 is 35.1 Å². The predicted molar refractivity (Wildman–Crippen MR) is 97.8 cm³/mol. The summed E-state index contributed by atoms with van der Waals surface area (Å²) in [6, 6.07) is 17.8. The average molecular weight is 352 g/mol. The Morgan fingerprint density at radius 3 is 2.50 bits per heavy atom. The van der Waals surface area contributed by atoms with Crippen molar-refractivity contribution >= 4 is 41.0 Å². The first kappa shape index (κ1) is 17.3. The van der Waals surface area contributed by atoms with Gasteiger partial charge in [0.1, 0.15) is 0 Å². The Hall–Kier alpha value is -1.10. The lowest BCUT2D eigenvalue weighted by Crippen LogP contribution is -2.27. The molecule has 22 heavy (non-hydrogen) atoms. The van der Waals surface area contributed by atoms with E-state index in [1.165, 1.54) is 5.56 Å². The van der Waals surface area contributed by atoms with Crippen molar-refractivity contribution in [2.75, 3.05) is 18.1 Å². The van der Waals surface area contributed by atoms with Crippen LogP contribution in [0.1, 0.15) is 5.56 Å². The van der Waals surface area contributed by atoms with E-state index < -0.39 is 0 Å². The summed E-state index contributed by atoms with van der Waals surface area (Å²) in [7, 11) is 0. The molecule has 2 aromatic rings. The topological polar surface area (TPSA) is 29.1 Å². The number of rotatable bonds is 8. The largest absolute Gasteiger partial charge is 0.355 e. The molecule has 0 aliphatic carbocycles. The van der Waals surface area contributed by atoms with Crippen molar-refractivity contribution < 1.29 is 4.79 Å². The second-order valence-corrected chi connectivity index (χ2v) is 7.22. The van der Waals surface area contributed by atoms with Crippen molar-refractivity contribution in [3.05, 3.63) is 65.2 Å². The second kappa shape index (κ2) is 9.82. The van der Waals surface area contributed by atoms with Gasteiger partial charge in [0.15, 0.2) is 0 Å². The number of halogens is 1. The Morgan fingerprint density at radius 2 is 1.77 bits per heavy atom. The molecular formula is C17H18ClNOS2. The highest BCUT2D eigenvalue weighted by Gasteiger charge is 2.02.